The average molecular weight is 569 g/mol. The highest BCUT2D eigenvalue weighted by Gasteiger charge is 2.61. The Morgan fingerprint density at radius 2 is 1.74 bits per heavy atom. The molecular weight excluding hydrogens is 532 g/mol. The van der Waals surface area contributed by atoms with E-state index in [0.717, 1.165) is 9.80 Å². The van der Waals surface area contributed by atoms with Gasteiger partial charge in [-0.1, -0.05) is 57.7 Å². The largest absolute Gasteiger partial charge is 0.456 e. The molecule has 2 heterocycles. The first-order valence-electron chi connectivity index (χ1n) is 13.1. The number of carbonyl (C=O) groups is 2. The number of amides is 1. The number of nitrogens with zero attached hydrogens (tertiary/aromatic N) is 2. The van der Waals surface area contributed by atoms with Gasteiger partial charge in [-0.2, -0.15) is 0 Å². The number of thioether (sulfide) groups is 1. The van der Waals surface area contributed by atoms with Gasteiger partial charge in [-0.05, 0) is 54.9 Å². The lowest BCUT2D eigenvalue weighted by Gasteiger charge is -2.50. The summed E-state index contributed by atoms with van der Waals surface area (Å²) in [6, 6.07) is 15.4. The molecule has 8 nitrogen and oxygen atoms in total. The number of β-lactam (4-membered cyclic amide) rings is 1. The fraction of sp³-hybridized carbons (Fsp3) is 0.448. The van der Waals surface area contributed by atoms with Crippen LogP contribution in [0.25, 0.3) is 0 Å². The topological polar surface area (TPSA) is 99.0 Å². The Bertz CT molecular complexity index is 1290. The van der Waals surface area contributed by atoms with Gasteiger partial charge in [-0.3, -0.25) is 14.9 Å². The zero-order valence-electron chi connectivity index (χ0n) is 23.5. The van der Waals surface area contributed by atoms with Crippen molar-refractivity contribution in [2.24, 2.45) is 11.8 Å². The number of benzene rings is 2. The first-order valence-corrected chi connectivity index (χ1v) is 16.8. The van der Waals surface area contributed by atoms with Crippen molar-refractivity contribution in [1.29, 1.82) is 0 Å². The Morgan fingerprint density at radius 1 is 1.13 bits per heavy atom. The van der Waals surface area contributed by atoms with Crippen molar-refractivity contribution in [3.8, 4) is 0 Å². The number of carbonyl (C=O) groups excluding carboxylic acids is 2. The lowest BCUT2D eigenvalue weighted by atomic mass is 9.79. The van der Waals surface area contributed by atoms with Crippen molar-refractivity contribution < 1.29 is 23.7 Å². The summed E-state index contributed by atoms with van der Waals surface area (Å²) in [7, 11) is -2.11. The molecule has 0 bridgehead atoms. The molecule has 1 saturated heterocycles. The number of fused-ring (bicyclic) bond motifs is 1. The lowest BCUT2D eigenvalue weighted by molar-refractivity contribution is -0.384. The summed E-state index contributed by atoms with van der Waals surface area (Å²) < 4.78 is 12.3. The summed E-state index contributed by atoms with van der Waals surface area (Å²) in [5, 5.41) is 10.9. The van der Waals surface area contributed by atoms with E-state index in [2.05, 4.69) is 40.8 Å². The first-order chi connectivity index (χ1) is 18.2. The molecule has 1 amide bonds. The van der Waals surface area contributed by atoms with Gasteiger partial charge in [-0.15, -0.1) is 0 Å². The third-order valence-electron chi connectivity index (χ3n) is 8.06. The van der Waals surface area contributed by atoms with Crippen LogP contribution in [0.2, 0.25) is 18.1 Å². The van der Waals surface area contributed by atoms with Crippen LogP contribution in [0.1, 0.15) is 40.2 Å². The maximum Gasteiger partial charge on any atom is 0.356 e. The average Bonchev–Trinajstić information content (AvgIpc) is 3.10. The lowest BCUT2D eigenvalue weighted by Crippen LogP contribution is -2.65. The molecule has 1 unspecified atom stereocenters. The van der Waals surface area contributed by atoms with Crippen LogP contribution < -0.4 is 0 Å². The van der Waals surface area contributed by atoms with Crippen molar-refractivity contribution in [2.75, 3.05) is 0 Å². The second-order valence-electron chi connectivity index (χ2n) is 11.7. The van der Waals surface area contributed by atoms with Crippen LogP contribution in [-0.4, -0.2) is 42.2 Å². The van der Waals surface area contributed by atoms with E-state index in [0.29, 0.717) is 5.56 Å². The summed E-state index contributed by atoms with van der Waals surface area (Å²) in [6.45, 7) is 14.9. The summed E-state index contributed by atoms with van der Waals surface area (Å²) in [5.74, 6) is -1.12. The highest BCUT2D eigenvalue weighted by Crippen LogP contribution is 2.53. The van der Waals surface area contributed by atoms with Crippen molar-refractivity contribution in [3.63, 3.8) is 0 Å². The summed E-state index contributed by atoms with van der Waals surface area (Å²) in [6.07, 6.45) is -0.277. The van der Waals surface area contributed by atoms with Crippen LogP contribution in [0.3, 0.4) is 0 Å². The Balaban J connectivity index is 1.58. The molecule has 4 rings (SSSR count). The van der Waals surface area contributed by atoms with Crippen LogP contribution in [0.5, 0.6) is 0 Å². The smallest absolute Gasteiger partial charge is 0.356 e. The number of hydrogen-bond donors (Lipinski definition) is 0. The number of esters is 1. The van der Waals surface area contributed by atoms with E-state index < -0.39 is 19.2 Å². The molecule has 0 aliphatic carbocycles. The standard InChI is InChI=1S/C29H36N2O6SSi/c1-18-24-23(19(2)37-39(6,7)29(3,4)5)27(32)30(24)25(26(18)38-22-11-9-8-10-12-22)28(33)36-17-20-13-15-21(16-14-20)31(34)35/h8-16,18-19,23-24H,17H2,1-7H3/t18?,19-,23-,24-/m1/s1. The van der Waals surface area contributed by atoms with E-state index >= 15 is 0 Å². The molecular formula is C29H36N2O6SSi. The fourth-order valence-electron chi connectivity index (χ4n) is 4.90. The molecule has 208 valence electrons. The van der Waals surface area contributed by atoms with Crippen LogP contribution in [-0.2, 0) is 25.4 Å². The number of rotatable bonds is 9. The molecule has 2 aliphatic rings. The fourth-order valence-corrected chi connectivity index (χ4v) is 7.48. The number of ether oxygens (including phenoxy) is 1. The molecule has 4 atom stereocenters. The molecule has 0 N–H and O–H groups in total. The van der Waals surface area contributed by atoms with Crippen LogP contribution in [0, 0.1) is 22.0 Å². The van der Waals surface area contributed by atoms with E-state index in [-0.39, 0.29) is 52.9 Å². The van der Waals surface area contributed by atoms with Crippen molar-refractivity contribution in [3.05, 3.63) is 80.9 Å². The Kier molecular flexibility index (Phi) is 8.12. The molecule has 10 heteroatoms. The van der Waals surface area contributed by atoms with Crippen LogP contribution in [0.4, 0.5) is 5.69 Å². The first kappa shape index (κ1) is 29.0. The van der Waals surface area contributed by atoms with Gasteiger partial charge in [0.05, 0.1) is 23.0 Å². The van der Waals surface area contributed by atoms with Gasteiger partial charge >= 0.3 is 5.97 Å². The van der Waals surface area contributed by atoms with E-state index in [9.17, 15) is 19.7 Å². The molecule has 39 heavy (non-hydrogen) atoms. The SMILES string of the molecule is CC1C(Sc2ccccc2)=C(C(=O)OCc2ccc([N+](=O)[O-])cc2)N2C(=O)[C@H]([C@@H](C)O[Si](C)(C)C(C)(C)C)[C@@H]12. The normalized spacial score (nSPS) is 21.9. The maximum atomic E-state index is 13.6. The van der Waals surface area contributed by atoms with Gasteiger partial charge in [-0.25, -0.2) is 4.79 Å². The summed E-state index contributed by atoms with van der Waals surface area (Å²) >= 11 is 1.48. The Morgan fingerprint density at radius 3 is 2.31 bits per heavy atom. The zero-order chi connectivity index (χ0) is 28.7. The predicted molar refractivity (Wildman–Crippen MR) is 153 cm³/mol. The Hall–Kier alpha value is -2.95. The van der Waals surface area contributed by atoms with Gasteiger partial charge in [0.15, 0.2) is 8.32 Å². The van der Waals surface area contributed by atoms with Crippen molar-refractivity contribution in [1.82, 2.24) is 4.90 Å². The molecule has 0 radical (unpaired) electrons. The minimum Gasteiger partial charge on any atom is -0.456 e. The highest BCUT2D eigenvalue weighted by atomic mass is 32.2. The minimum atomic E-state index is -2.11. The van der Waals surface area contributed by atoms with Crippen molar-refractivity contribution >= 4 is 37.6 Å². The molecule has 2 aromatic rings. The van der Waals surface area contributed by atoms with Gasteiger partial charge in [0.25, 0.3) is 5.69 Å². The van der Waals surface area contributed by atoms with E-state index in [1.807, 2.05) is 37.3 Å². The zero-order valence-corrected chi connectivity index (χ0v) is 25.3. The third kappa shape index (κ3) is 5.69. The van der Waals surface area contributed by atoms with Crippen LogP contribution >= 0.6 is 11.8 Å². The molecule has 0 spiro atoms. The molecule has 1 fully saturated rings. The van der Waals surface area contributed by atoms with Crippen molar-refractivity contribution in [2.45, 2.75) is 76.4 Å². The van der Waals surface area contributed by atoms with E-state index in [4.69, 9.17) is 9.16 Å². The van der Waals surface area contributed by atoms with Gasteiger partial charge in [0.2, 0.25) is 5.91 Å². The number of nitro benzene ring substituents is 1. The molecule has 0 aromatic heterocycles. The minimum absolute atomic E-state index is 0.00837. The third-order valence-corrected chi connectivity index (χ3v) is 13.9. The molecule has 2 aliphatic heterocycles. The monoisotopic (exact) mass is 568 g/mol. The Labute approximate surface area is 235 Å². The maximum absolute atomic E-state index is 13.6. The van der Waals surface area contributed by atoms with Gasteiger partial charge in [0, 0.05) is 27.9 Å². The molecule has 0 saturated carbocycles. The second kappa shape index (κ2) is 10.9. The quantitative estimate of drug-likeness (QED) is 0.111. The summed E-state index contributed by atoms with van der Waals surface area (Å²) in [4.78, 5) is 40.9. The van der Waals surface area contributed by atoms with Gasteiger partial charge < -0.3 is 14.1 Å². The number of hydrogen-bond acceptors (Lipinski definition) is 7. The highest BCUT2D eigenvalue weighted by molar-refractivity contribution is 8.03. The summed E-state index contributed by atoms with van der Waals surface area (Å²) in [5.41, 5.74) is 0.871. The number of nitro groups is 1. The predicted octanol–water partition coefficient (Wildman–Crippen LogP) is 6.53. The van der Waals surface area contributed by atoms with Crippen LogP contribution in [0.15, 0.2) is 70.1 Å². The molecule has 2 aromatic carbocycles. The van der Waals surface area contributed by atoms with E-state index in [1.54, 1.807) is 17.0 Å². The second-order valence-corrected chi connectivity index (χ2v) is 17.6. The number of non-ortho nitro benzene ring substituents is 1. The van der Waals surface area contributed by atoms with E-state index in [1.165, 1.54) is 23.9 Å². The van der Waals surface area contributed by atoms with Gasteiger partial charge in [0.1, 0.15) is 12.3 Å².